The molecule has 174 valence electrons. The third-order valence-electron chi connectivity index (χ3n) is 4.79. The molecule has 0 amide bonds. The van der Waals surface area contributed by atoms with Gasteiger partial charge in [-0.1, -0.05) is 69.2 Å². The van der Waals surface area contributed by atoms with Crippen LogP contribution in [0.15, 0.2) is 32.7 Å². The number of fused-ring (bicyclic) bond motifs is 3. The van der Waals surface area contributed by atoms with E-state index in [4.69, 9.17) is 17.9 Å². The van der Waals surface area contributed by atoms with Gasteiger partial charge in [-0.05, 0) is 35.1 Å². The van der Waals surface area contributed by atoms with Crippen LogP contribution in [0.5, 0.6) is 11.5 Å². The molecule has 0 N–H and O–H groups in total. The second kappa shape index (κ2) is 10.5. The minimum Gasteiger partial charge on any atom is -0.497 e. The molecule has 0 bridgehead atoms. The monoisotopic (exact) mass is 448 g/mol. The van der Waals surface area contributed by atoms with E-state index in [9.17, 15) is 0 Å². The van der Waals surface area contributed by atoms with Gasteiger partial charge in [-0.25, -0.2) is 0 Å². The van der Waals surface area contributed by atoms with Gasteiger partial charge in [-0.15, -0.1) is 0 Å². The van der Waals surface area contributed by atoms with E-state index in [0.717, 1.165) is 44.6 Å². The van der Waals surface area contributed by atoms with E-state index >= 15 is 0 Å². The van der Waals surface area contributed by atoms with E-state index in [0.29, 0.717) is 0 Å². The van der Waals surface area contributed by atoms with Crippen molar-refractivity contribution in [2.75, 3.05) is 14.2 Å². The summed E-state index contributed by atoms with van der Waals surface area (Å²) in [6.07, 6.45) is 1.25. The van der Waals surface area contributed by atoms with Gasteiger partial charge in [0.1, 0.15) is 22.7 Å². The van der Waals surface area contributed by atoms with E-state index < -0.39 is 0 Å². The molecule has 0 saturated heterocycles. The molecule has 2 aromatic carbocycles. The molecule has 1 heterocycles. The van der Waals surface area contributed by atoms with E-state index in [1.807, 2.05) is 12.1 Å². The van der Waals surface area contributed by atoms with Gasteiger partial charge in [0.15, 0.2) is 0 Å². The molecule has 1 aromatic heterocycles. The second-order valence-corrected chi connectivity index (χ2v) is 10.2. The van der Waals surface area contributed by atoms with Crippen molar-refractivity contribution in [2.45, 2.75) is 80.1 Å². The largest absolute Gasteiger partial charge is 0.497 e. The Bertz CT molecular complexity index is 956. The first-order valence-corrected chi connectivity index (χ1v) is 11.3. The topological polar surface area (TPSA) is 44.7 Å². The van der Waals surface area contributed by atoms with Gasteiger partial charge in [-0.2, -0.15) is 0 Å². The number of benzene rings is 2. The normalized spacial score (nSPS) is 11.4. The molecule has 0 radical (unpaired) electrons. The quantitative estimate of drug-likeness (QED) is 0.392. The SMILES string of the molecule is C.CCC.COc1cc(C(C)(C)C)c2o[pH]oc3c(C(C)(C)C)cc(OC)cc3c2c1. The molecule has 0 aliphatic heterocycles. The van der Waals surface area contributed by atoms with Crippen LogP contribution in [0.25, 0.3) is 21.9 Å². The first-order chi connectivity index (χ1) is 14.0. The first kappa shape index (κ1) is 27.0. The van der Waals surface area contributed by atoms with E-state index in [2.05, 4.69) is 67.5 Å². The molecule has 0 saturated carbocycles. The highest BCUT2D eigenvalue weighted by Crippen LogP contribution is 2.41. The Kier molecular flexibility index (Phi) is 9.14. The van der Waals surface area contributed by atoms with Gasteiger partial charge >= 0.3 is 0 Å². The Hall–Kier alpha value is -2.06. The lowest BCUT2D eigenvalue weighted by Crippen LogP contribution is -2.12. The lowest BCUT2D eigenvalue weighted by atomic mass is 9.84. The zero-order valence-corrected chi connectivity index (χ0v) is 21.1. The average Bonchev–Trinajstić information content (AvgIpc) is 2.84. The van der Waals surface area contributed by atoms with Crippen molar-refractivity contribution >= 4 is 30.6 Å². The van der Waals surface area contributed by atoms with Crippen LogP contribution in [0.4, 0.5) is 0 Å². The van der Waals surface area contributed by atoms with Crippen LogP contribution in [0.3, 0.4) is 0 Å². The molecule has 5 heteroatoms. The standard InChI is InChI=1S/C22H29O4P.C3H8.CH4/c1-21(2,3)17-11-13(23-7)9-15-16-10-14(24-8)12-18(22(4,5)6)20(16)26-27-25-19(15)17;1-3-2;/h9-12,27H,1-8H3;3H2,1-2H3;1H4. The van der Waals surface area contributed by atoms with Crippen LogP contribution in [0.2, 0.25) is 0 Å². The van der Waals surface area contributed by atoms with Crippen molar-refractivity contribution in [3.63, 3.8) is 0 Å². The molecular weight excluding hydrogens is 407 g/mol. The second-order valence-electron chi connectivity index (χ2n) is 9.60. The van der Waals surface area contributed by atoms with Crippen LogP contribution >= 0.6 is 8.67 Å². The van der Waals surface area contributed by atoms with Gasteiger partial charge in [0.05, 0.1) is 14.2 Å². The Balaban J connectivity index is 0.00000113. The predicted molar refractivity (Wildman–Crippen MR) is 136 cm³/mol. The van der Waals surface area contributed by atoms with Gasteiger partial charge in [0, 0.05) is 21.9 Å². The third-order valence-corrected chi connectivity index (χ3v) is 5.36. The minimum atomic E-state index is -0.107. The van der Waals surface area contributed by atoms with Gasteiger partial charge in [0.2, 0.25) is 8.67 Å². The van der Waals surface area contributed by atoms with Crippen LogP contribution in [-0.2, 0) is 10.8 Å². The molecule has 4 nitrogen and oxygen atoms in total. The van der Waals surface area contributed by atoms with Crippen molar-refractivity contribution in [3.05, 3.63) is 35.4 Å². The molecule has 0 unspecified atom stereocenters. The highest BCUT2D eigenvalue weighted by atomic mass is 31.1. The highest BCUT2D eigenvalue weighted by molar-refractivity contribution is 7.15. The fourth-order valence-corrected chi connectivity index (χ4v) is 3.93. The molecule has 3 aromatic rings. The molecule has 3 rings (SSSR count). The number of hydrogen-bond acceptors (Lipinski definition) is 4. The molecule has 0 aliphatic carbocycles. The number of methoxy groups -OCH3 is 2. The Morgan fingerprint density at radius 3 is 1.29 bits per heavy atom. The van der Waals surface area contributed by atoms with E-state index in [-0.39, 0.29) is 26.9 Å². The summed E-state index contributed by atoms with van der Waals surface area (Å²) in [7, 11) is 3.28. The Morgan fingerprint density at radius 1 is 0.710 bits per heavy atom. The highest BCUT2D eigenvalue weighted by Gasteiger charge is 2.24. The minimum absolute atomic E-state index is 0. The van der Waals surface area contributed by atoms with Crippen molar-refractivity contribution in [2.24, 2.45) is 0 Å². The summed E-state index contributed by atoms with van der Waals surface area (Å²) < 4.78 is 23.5. The van der Waals surface area contributed by atoms with Crippen LogP contribution in [-0.4, -0.2) is 14.2 Å². The molecular formula is C26H41O4P. The van der Waals surface area contributed by atoms with E-state index in [1.165, 1.54) is 6.42 Å². The van der Waals surface area contributed by atoms with Crippen LogP contribution in [0, 0.1) is 0 Å². The summed E-state index contributed by atoms with van der Waals surface area (Å²) in [4.78, 5) is 0. The Labute approximate surface area is 189 Å². The zero-order valence-electron chi connectivity index (χ0n) is 20.1. The van der Waals surface area contributed by atoms with Crippen LogP contribution < -0.4 is 9.47 Å². The molecule has 31 heavy (non-hydrogen) atoms. The summed E-state index contributed by atoms with van der Waals surface area (Å²) in [5, 5.41) is 1.95. The lowest BCUT2D eigenvalue weighted by Gasteiger charge is -2.21. The fraction of sp³-hybridized carbons (Fsp3) is 0.538. The maximum Gasteiger partial charge on any atom is 0.201 e. The zero-order chi connectivity index (χ0) is 22.7. The molecule has 0 atom stereocenters. The summed E-state index contributed by atoms with van der Waals surface area (Å²) in [5.74, 6) is 1.61. The van der Waals surface area contributed by atoms with Gasteiger partial charge in [-0.3, -0.25) is 0 Å². The maximum absolute atomic E-state index is 6.14. The van der Waals surface area contributed by atoms with E-state index in [1.54, 1.807) is 14.2 Å². The summed E-state index contributed by atoms with van der Waals surface area (Å²) in [6, 6.07) is 8.15. The number of rotatable bonds is 2. The van der Waals surface area contributed by atoms with Crippen molar-refractivity contribution in [1.29, 1.82) is 0 Å². The van der Waals surface area contributed by atoms with Crippen LogP contribution in [0.1, 0.15) is 80.4 Å². The first-order valence-electron chi connectivity index (χ1n) is 10.5. The summed E-state index contributed by atoms with van der Waals surface area (Å²) in [5.41, 5.74) is 3.71. The summed E-state index contributed by atoms with van der Waals surface area (Å²) >= 11 is 0. The third kappa shape index (κ3) is 6.01. The fourth-order valence-electron chi connectivity index (χ4n) is 3.28. The van der Waals surface area contributed by atoms with Gasteiger partial charge in [0.25, 0.3) is 0 Å². The molecule has 0 spiro atoms. The van der Waals surface area contributed by atoms with Gasteiger partial charge < -0.3 is 17.9 Å². The van der Waals surface area contributed by atoms with Crippen molar-refractivity contribution < 1.29 is 17.9 Å². The maximum atomic E-state index is 6.14. The number of hydrogen-bond donors (Lipinski definition) is 0. The molecule has 0 aliphatic rings. The summed E-state index contributed by atoms with van der Waals surface area (Å²) in [6.45, 7) is 17.3. The predicted octanol–water partition coefficient (Wildman–Crippen LogP) is 9.00. The lowest BCUT2D eigenvalue weighted by molar-refractivity contribution is 0.413. The average molecular weight is 449 g/mol. The van der Waals surface area contributed by atoms with Crippen molar-refractivity contribution in [3.8, 4) is 11.5 Å². The Morgan fingerprint density at radius 2 is 1.03 bits per heavy atom. The smallest absolute Gasteiger partial charge is 0.201 e. The van der Waals surface area contributed by atoms with Crippen molar-refractivity contribution in [1.82, 2.24) is 0 Å². The molecule has 0 fully saturated rings. The number of ether oxygens (including phenoxy) is 2.